The lowest BCUT2D eigenvalue weighted by atomic mass is 9.91. The fourth-order valence-corrected chi connectivity index (χ4v) is 3.62. The van der Waals surface area contributed by atoms with Crippen LogP contribution in [0.2, 0.25) is 0 Å². The van der Waals surface area contributed by atoms with Crippen LogP contribution in [0.5, 0.6) is 0 Å². The minimum absolute atomic E-state index is 0.155. The van der Waals surface area contributed by atoms with Gasteiger partial charge in [-0.3, -0.25) is 14.7 Å². The molecule has 1 heterocycles. The molecule has 0 fully saturated rings. The number of halogens is 1. The van der Waals surface area contributed by atoms with Gasteiger partial charge in [-0.05, 0) is 61.7 Å². The average Bonchev–Trinajstić information content (AvgIpc) is 2.67. The second-order valence-corrected chi connectivity index (χ2v) is 6.80. The van der Waals surface area contributed by atoms with Crippen LogP contribution in [0.4, 0.5) is 4.39 Å². The van der Waals surface area contributed by atoms with Crippen molar-refractivity contribution >= 4 is 5.91 Å². The summed E-state index contributed by atoms with van der Waals surface area (Å²) in [6.45, 7) is 4.59. The van der Waals surface area contributed by atoms with E-state index in [1.165, 1.54) is 35.5 Å². The largest absolute Gasteiger partial charge is 0.351 e. The molecule has 1 aliphatic carbocycles. The summed E-state index contributed by atoms with van der Waals surface area (Å²) in [5, 5.41) is 2.95. The highest BCUT2D eigenvalue weighted by Crippen LogP contribution is 2.22. The third kappa shape index (κ3) is 4.67. The molecular weight excluding hydrogens is 329 g/mol. The average molecular weight is 355 g/mol. The van der Waals surface area contributed by atoms with Crippen LogP contribution in [0.3, 0.4) is 0 Å². The zero-order valence-corrected chi connectivity index (χ0v) is 15.2. The third-order valence-corrected chi connectivity index (χ3v) is 4.98. The van der Waals surface area contributed by atoms with Crippen molar-refractivity contribution in [3.63, 3.8) is 0 Å². The molecule has 0 saturated heterocycles. The van der Waals surface area contributed by atoms with Crippen molar-refractivity contribution < 1.29 is 9.18 Å². The predicted molar refractivity (Wildman–Crippen MR) is 101 cm³/mol. The Balaban J connectivity index is 1.54. The summed E-state index contributed by atoms with van der Waals surface area (Å²) in [7, 11) is 0. The molecule has 0 radical (unpaired) electrons. The Labute approximate surface area is 154 Å². The fraction of sp³-hybridized carbons (Fsp3) is 0.429. The topological polar surface area (TPSA) is 45.2 Å². The Hall–Kier alpha value is -2.27. The SMILES string of the molecule is CCCN(CCNC(=O)c1ccc(F)cc1)C1CCc2cccnc2C1. The molecule has 1 aliphatic rings. The summed E-state index contributed by atoms with van der Waals surface area (Å²) in [5.74, 6) is -0.487. The summed E-state index contributed by atoms with van der Waals surface area (Å²) in [6.07, 6.45) is 6.12. The number of carbonyl (C=O) groups is 1. The number of nitrogens with one attached hydrogen (secondary N) is 1. The van der Waals surface area contributed by atoms with Crippen molar-refractivity contribution in [2.75, 3.05) is 19.6 Å². The van der Waals surface area contributed by atoms with E-state index in [0.717, 1.165) is 38.8 Å². The first-order chi connectivity index (χ1) is 12.7. The number of aromatic nitrogens is 1. The molecule has 1 N–H and O–H groups in total. The van der Waals surface area contributed by atoms with Gasteiger partial charge >= 0.3 is 0 Å². The van der Waals surface area contributed by atoms with Crippen molar-refractivity contribution in [2.45, 2.75) is 38.6 Å². The molecule has 138 valence electrons. The lowest BCUT2D eigenvalue weighted by Gasteiger charge is -2.34. The number of fused-ring (bicyclic) bond motifs is 1. The smallest absolute Gasteiger partial charge is 0.251 e. The Morgan fingerprint density at radius 1 is 1.27 bits per heavy atom. The van der Waals surface area contributed by atoms with Crippen molar-refractivity contribution in [3.05, 3.63) is 65.2 Å². The maximum Gasteiger partial charge on any atom is 0.251 e. The highest BCUT2D eigenvalue weighted by Gasteiger charge is 2.24. The van der Waals surface area contributed by atoms with E-state index in [4.69, 9.17) is 0 Å². The molecule has 3 rings (SSSR count). The van der Waals surface area contributed by atoms with Gasteiger partial charge < -0.3 is 5.32 Å². The van der Waals surface area contributed by atoms with Crippen LogP contribution in [0.1, 0.15) is 41.4 Å². The van der Waals surface area contributed by atoms with Gasteiger partial charge in [0.05, 0.1) is 0 Å². The number of benzene rings is 1. The molecule has 5 heteroatoms. The molecule has 2 aromatic rings. The number of nitrogens with zero attached hydrogens (tertiary/aromatic N) is 2. The van der Waals surface area contributed by atoms with Crippen molar-refractivity contribution in [3.8, 4) is 0 Å². The van der Waals surface area contributed by atoms with Crippen LogP contribution in [-0.2, 0) is 12.8 Å². The molecule has 1 unspecified atom stereocenters. The lowest BCUT2D eigenvalue weighted by molar-refractivity contribution is 0.0941. The molecule has 0 aliphatic heterocycles. The Morgan fingerprint density at radius 2 is 2.08 bits per heavy atom. The van der Waals surface area contributed by atoms with E-state index < -0.39 is 0 Å². The van der Waals surface area contributed by atoms with Gasteiger partial charge in [-0.2, -0.15) is 0 Å². The minimum atomic E-state index is -0.332. The van der Waals surface area contributed by atoms with Gasteiger partial charge in [0.15, 0.2) is 0 Å². The van der Waals surface area contributed by atoms with E-state index in [0.29, 0.717) is 18.2 Å². The number of aryl methyl sites for hydroxylation is 1. The number of amides is 1. The molecule has 1 aromatic heterocycles. The highest BCUT2D eigenvalue weighted by atomic mass is 19.1. The lowest BCUT2D eigenvalue weighted by Crippen LogP contribution is -2.44. The van der Waals surface area contributed by atoms with E-state index in [-0.39, 0.29) is 11.7 Å². The maximum absolute atomic E-state index is 13.0. The first kappa shape index (κ1) is 18.5. The Kier molecular flexibility index (Phi) is 6.34. The van der Waals surface area contributed by atoms with Crippen LogP contribution >= 0.6 is 0 Å². The normalized spacial score (nSPS) is 16.3. The number of rotatable bonds is 7. The fourth-order valence-electron chi connectivity index (χ4n) is 3.62. The van der Waals surface area contributed by atoms with Gasteiger partial charge in [-0.15, -0.1) is 0 Å². The maximum atomic E-state index is 13.0. The molecule has 0 saturated carbocycles. The zero-order chi connectivity index (χ0) is 18.4. The first-order valence-electron chi connectivity index (χ1n) is 9.38. The number of hydrogen-bond acceptors (Lipinski definition) is 3. The monoisotopic (exact) mass is 355 g/mol. The van der Waals surface area contributed by atoms with E-state index in [1.807, 2.05) is 12.3 Å². The molecule has 26 heavy (non-hydrogen) atoms. The number of hydrogen-bond donors (Lipinski definition) is 1. The summed E-state index contributed by atoms with van der Waals surface area (Å²) >= 11 is 0. The van der Waals surface area contributed by atoms with E-state index in [9.17, 15) is 9.18 Å². The predicted octanol–water partition coefficient (Wildman–Crippen LogP) is 3.22. The van der Waals surface area contributed by atoms with Gasteiger partial charge in [0.2, 0.25) is 0 Å². The molecular formula is C21H26FN3O. The van der Waals surface area contributed by atoms with Gasteiger partial charge in [0.1, 0.15) is 5.82 Å². The van der Waals surface area contributed by atoms with Gasteiger partial charge in [0.25, 0.3) is 5.91 Å². The van der Waals surface area contributed by atoms with Crippen LogP contribution in [0.15, 0.2) is 42.6 Å². The second-order valence-electron chi connectivity index (χ2n) is 6.80. The quantitative estimate of drug-likeness (QED) is 0.829. The van der Waals surface area contributed by atoms with Crippen LogP contribution in [0.25, 0.3) is 0 Å². The number of pyridine rings is 1. The highest BCUT2D eigenvalue weighted by molar-refractivity contribution is 5.94. The molecule has 0 spiro atoms. The third-order valence-electron chi connectivity index (χ3n) is 4.98. The van der Waals surface area contributed by atoms with Crippen LogP contribution < -0.4 is 5.32 Å². The Morgan fingerprint density at radius 3 is 2.85 bits per heavy atom. The summed E-state index contributed by atoms with van der Waals surface area (Å²) < 4.78 is 13.0. The summed E-state index contributed by atoms with van der Waals surface area (Å²) in [4.78, 5) is 19.2. The molecule has 0 bridgehead atoms. The van der Waals surface area contributed by atoms with E-state index in [2.05, 4.69) is 28.2 Å². The van der Waals surface area contributed by atoms with Crippen molar-refractivity contribution in [2.24, 2.45) is 0 Å². The standard InChI is InChI=1S/C21H26FN3O/c1-2-13-25(19-10-7-16-4-3-11-23-20(16)15-19)14-12-24-21(26)17-5-8-18(22)9-6-17/h3-6,8-9,11,19H,2,7,10,12-15H2,1H3,(H,24,26). The van der Waals surface area contributed by atoms with E-state index >= 15 is 0 Å². The van der Waals surface area contributed by atoms with Gasteiger partial charge in [0, 0.05) is 43.0 Å². The zero-order valence-electron chi connectivity index (χ0n) is 15.2. The van der Waals surface area contributed by atoms with Crippen LogP contribution in [0, 0.1) is 5.82 Å². The Bertz CT molecular complexity index is 732. The summed E-state index contributed by atoms with van der Waals surface area (Å²) in [6, 6.07) is 10.3. The molecule has 1 amide bonds. The van der Waals surface area contributed by atoms with Crippen molar-refractivity contribution in [1.82, 2.24) is 15.2 Å². The number of carbonyl (C=O) groups excluding carboxylic acids is 1. The summed E-state index contributed by atoms with van der Waals surface area (Å²) in [5.41, 5.74) is 3.06. The molecule has 1 aromatic carbocycles. The first-order valence-corrected chi connectivity index (χ1v) is 9.38. The molecule has 4 nitrogen and oxygen atoms in total. The van der Waals surface area contributed by atoms with E-state index in [1.54, 1.807) is 0 Å². The van der Waals surface area contributed by atoms with Crippen LogP contribution in [-0.4, -0.2) is 41.5 Å². The second kappa shape index (κ2) is 8.90. The molecule has 1 atom stereocenters. The van der Waals surface area contributed by atoms with Gasteiger partial charge in [-0.25, -0.2) is 4.39 Å². The minimum Gasteiger partial charge on any atom is -0.351 e. The van der Waals surface area contributed by atoms with Gasteiger partial charge in [-0.1, -0.05) is 13.0 Å². The van der Waals surface area contributed by atoms with Crippen molar-refractivity contribution in [1.29, 1.82) is 0 Å².